The monoisotopic (exact) mass is 512 g/mol. The zero-order chi connectivity index (χ0) is 19.6. The molecular weight excluding hydrogens is 482 g/mol. The molecule has 1 heterocycles. The topological polar surface area (TPSA) is 48.9 Å². The van der Waals surface area contributed by atoms with E-state index in [0.717, 1.165) is 39.4 Å². The van der Waals surface area contributed by atoms with Crippen LogP contribution in [-0.2, 0) is 24.4 Å². The second kappa shape index (κ2) is 12.8. The molecule has 0 radical (unpaired) electrons. The Labute approximate surface area is 189 Å². The molecule has 1 fully saturated rings. The molecule has 7 heteroatoms. The highest BCUT2D eigenvalue weighted by atomic mass is 127. The van der Waals surface area contributed by atoms with E-state index in [0.29, 0.717) is 24.6 Å². The number of halogens is 2. The van der Waals surface area contributed by atoms with Gasteiger partial charge in [-0.25, -0.2) is 9.38 Å². The number of ether oxygens (including phenoxy) is 1. The highest BCUT2D eigenvalue weighted by Gasteiger charge is 2.12. The Kier molecular flexibility index (Phi) is 10.4. The van der Waals surface area contributed by atoms with Crippen LogP contribution >= 0.6 is 24.0 Å². The van der Waals surface area contributed by atoms with Crippen molar-refractivity contribution in [2.75, 3.05) is 32.8 Å². The number of aliphatic imine (C=N–C) groups is 1. The van der Waals surface area contributed by atoms with Crippen molar-refractivity contribution >= 4 is 29.9 Å². The van der Waals surface area contributed by atoms with E-state index in [1.54, 1.807) is 12.1 Å². The van der Waals surface area contributed by atoms with Crippen LogP contribution in [0.5, 0.6) is 0 Å². The zero-order valence-electron chi connectivity index (χ0n) is 16.9. The number of hydrogen-bond donors (Lipinski definition) is 2. The normalized spacial score (nSPS) is 14.9. The van der Waals surface area contributed by atoms with Gasteiger partial charge in [0.05, 0.1) is 19.8 Å². The van der Waals surface area contributed by atoms with E-state index in [1.165, 1.54) is 17.2 Å². The van der Waals surface area contributed by atoms with Gasteiger partial charge in [0.15, 0.2) is 5.96 Å². The minimum Gasteiger partial charge on any atom is -0.379 e. The summed E-state index contributed by atoms with van der Waals surface area (Å²) in [6, 6.07) is 15.2. The summed E-state index contributed by atoms with van der Waals surface area (Å²) in [6.45, 7) is 8.20. The summed E-state index contributed by atoms with van der Waals surface area (Å²) in [5, 5.41) is 6.61. The fraction of sp³-hybridized carbons (Fsp3) is 0.409. The Balaban J connectivity index is 0.00000300. The summed E-state index contributed by atoms with van der Waals surface area (Å²) < 4.78 is 19.3. The molecule has 2 aromatic carbocycles. The summed E-state index contributed by atoms with van der Waals surface area (Å²) in [4.78, 5) is 6.95. The molecule has 0 unspecified atom stereocenters. The van der Waals surface area contributed by atoms with Gasteiger partial charge in [-0.1, -0.05) is 42.5 Å². The number of benzene rings is 2. The first kappa shape index (κ1) is 23.6. The van der Waals surface area contributed by atoms with Crippen molar-refractivity contribution in [2.24, 2.45) is 4.99 Å². The van der Waals surface area contributed by atoms with Crippen LogP contribution in [0.15, 0.2) is 53.5 Å². The van der Waals surface area contributed by atoms with Crippen LogP contribution in [0, 0.1) is 5.82 Å². The van der Waals surface area contributed by atoms with Gasteiger partial charge in [-0.2, -0.15) is 0 Å². The molecule has 0 saturated carbocycles. The zero-order valence-corrected chi connectivity index (χ0v) is 19.2. The van der Waals surface area contributed by atoms with E-state index < -0.39 is 0 Å². The highest BCUT2D eigenvalue weighted by Crippen LogP contribution is 2.13. The minimum absolute atomic E-state index is 0. The SMILES string of the molecule is CCNC(=NCc1ccccc1F)NCc1ccccc1CN1CCOCC1.I. The molecule has 0 aliphatic carbocycles. The molecule has 1 aliphatic rings. The summed E-state index contributed by atoms with van der Waals surface area (Å²) in [7, 11) is 0. The number of nitrogens with one attached hydrogen (secondary N) is 2. The van der Waals surface area contributed by atoms with Crippen molar-refractivity contribution in [3.05, 3.63) is 71.0 Å². The fourth-order valence-corrected chi connectivity index (χ4v) is 3.20. The maximum Gasteiger partial charge on any atom is 0.191 e. The van der Waals surface area contributed by atoms with Crippen LogP contribution < -0.4 is 10.6 Å². The van der Waals surface area contributed by atoms with Crippen molar-refractivity contribution in [2.45, 2.75) is 26.6 Å². The maximum absolute atomic E-state index is 13.8. The molecule has 0 spiro atoms. The lowest BCUT2D eigenvalue weighted by molar-refractivity contribution is 0.0341. The first-order chi connectivity index (χ1) is 13.8. The molecule has 158 valence electrons. The average Bonchev–Trinajstić information content (AvgIpc) is 2.73. The highest BCUT2D eigenvalue weighted by molar-refractivity contribution is 14.0. The van der Waals surface area contributed by atoms with Gasteiger partial charge in [-0.15, -0.1) is 24.0 Å². The number of nitrogens with zero attached hydrogens (tertiary/aromatic N) is 2. The average molecular weight is 512 g/mol. The van der Waals surface area contributed by atoms with Crippen molar-refractivity contribution in [3.63, 3.8) is 0 Å². The summed E-state index contributed by atoms with van der Waals surface area (Å²) in [5.74, 6) is 0.463. The Morgan fingerprint density at radius 2 is 1.66 bits per heavy atom. The standard InChI is InChI=1S/C22H29FN4O.HI/c1-2-24-22(26-16-19-8-5-6-10-21(19)23)25-15-18-7-3-4-9-20(18)17-27-11-13-28-14-12-27;/h3-10H,2,11-17H2,1H3,(H2,24,25,26);1H. The van der Waals surface area contributed by atoms with Crippen LogP contribution in [0.25, 0.3) is 0 Å². The van der Waals surface area contributed by atoms with Gasteiger partial charge in [0.1, 0.15) is 5.82 Å². The Hall–Kier alpha value is -1.71. The second-order valence-electron chi connectivity index (χ2n) is 6.80. The van der Waals surface area contributed by atoms with E-state index in [2.05, 4.69) is 44.8 Å². The quantitative estimate of drug-likeness (QED) is 0.339. The Bertz CT molecular complexity index is 781. The van der Waals surface area contributed by atoms with E-state index in [9.17, 15) is 4.39 Å². The third-order valence-corrected chi connectivity index (χ3v) is 4.77. The summed E-state index contributed by atoms with van der Waals surface area (Å²) in [6.07, 6.45) is 0. The molecule has 0 aromatic heterocycles. The summed E-state index contributed by atoms with van der Waals surface area (Å²) >= 11 is 0. The molecule has 0 bridgehead atoms. The molecule has 5 nitrogen and oxygen atoms in total. The molecule has 1 saturated heterocycles. The smallest absolute Gasteiger partial charge is 0.191 e. The van der Waals surface area contributed by atoms with Crippen molar-refractivity contribution in [1.82, 2.24) is 15.5 Å². The molecule has 29 heavy (non-hydrogen) atoms. The Morgan fingerprint density at radius 1 is 1.00 bits per heavy atom. The van der Waals surface area contributed by atoms with E-state index >= 15 is 0 Å². The second-order valence-corrected chi connectivity index (χ2v) is 6.80. The molecule has 2 aromatic rings. The van der Waals surface area contributed by atoms with Gasteiger partial charge < -0.3 is 15.4 Å². The summed E-state index contributed by atoms with van der Waals surface area (Å²) in [5.41, 5.74) is 3.14. The van der Waals surface area contributed by atoms with Crippen molar-refractivity contribution < 1.29 is 9.13 Å². The van der Waals surface area contributed by atoms with E-state index in [4.69, 9.17) is 4.74 Å². The molecule has 3 rings (SSSR count). The third-order valence-electron chi connectivity index (χ3n) is 4.77. The lowest BCUT2D eigenvalue weighted by Gasteiger charge is -2.27. The van der Waals surface area contributed by atoms with Gasteiger partial charge in [0.25, 0.3) is 0 Å². The minimum atomic E-state index is -0.224. The number of guanidine groups is 1. The fourth-order valence-electron chi connectivity index (χ4n) is 3.20. The lowest BCUT2D eigenvalue weighted by Crippen LogP contribution is -2.38. The first-order valence-corrected chi connectivity index (χ1v) is 9.88. The van der Waals surface area contributed by atoms with Gasteiger partial charge in [0.2, 0.25) is 0 Å². The molecule has 1 aliphatic heterocycles. The lowest BCUT2D eigenvalue weighted by atomic mass is 10.1. The predicted molar refractivity (Wildman–Crippen MR) is 126 cm³/mol. The van der Waals surface area contributed by atoms with E-state index in [1.807, 2.05) is 13.0 Å². The van der Waals surface area contributed by atoms with Gasteiger partial charge in [0, 0.05) is 38.3 Å². The predicted octanol–water partition coefficient (Wildman–Crippen LogP) is 3.53. The maximum atomic E-state index is 13.8. The van der Waals surface area contributed by atoms with E-state index in [-0.39, 0.29) is 29.8 Å². The third kappa shape index (κ3) is 7.56. The molecule has 0 atom stereocenters. The largest absolute Gasteiger partial charge is 0.379 e. The van der Waals surface area contributed by atoms with Crippen LogP contribution in [-0.4, -0.2) is 43.7 Å². The van der Waals surface area contributed by atoms with Gasteiger partial charge in [-0.3, -0.25) is 4.90 Å². The number of morpholine rings is 1. The van der Waals surface area contributed by atoms with Crippen molar-refractivity contribution in [3.8, 4) is 0 Å². The Morgan fingerprint density at radius 3 is 2.34 bits per heavy atom. The molecular formula is C22H30FIN4O. The number of hydrogen-bond acceptors (Lipinski definition) is 3. The van der Waals surface area contributed by atoms with Crippen molar-refractivity contribution in [1.29, 1.82) is 0 Å². The van der Waals surface area contributed by atoms with Crippen LogP contribution in [0.3, 0.4) is 0 Å². The van der Waals surface area contributed by atoms with Crippen LogP contribution in [0.2, 0.25) is 0 Å². The molecule has 2 N–H and O–H groups in total. The van der Waals surface area contributed by atoms with Gasteiger partial charge >= 0.3 is 0 Å². The number of rotatable bonds is 7. The molecule has 0 amide bonds. The van der Waals surface area contributed by atoms with Gasteiger partial charge in [-0.05, 0) is 24.1 Å². The van der Waals surface area contributed by atoms with Crippen LogP contribution in [0.4, 0.5) is 4.39 Å². The van der Waals surface area contributed by atoms with Crippen LogP contribution in [0.1, 0.15) is 23.6 Å². The first-order valence-electron chi connectivity index (χ1n) is 9.88.